The molecule has 7 heteroatoms. The summed E-state index contributed by atoms with van der Waals surface area (Å²) in [7, 11) is 0. The molecule has 0 bridgehead atoms. The first-order valence-corrected chi connectivity index (χ1v) is 9.90. The van der Waals surface area contributed by atoms with Crippen molar-refractivity contribution in [2.24, 2.45) is 0 Å². The second kappa shape index (κ2) is 7.90. The lowest BCUT2D eigenvalue weighted by molar-refractivity contribution is -0.133. The fraction of sp³-hybridized carbons (Fsp3) is 0.500. The summed E-state index contributed by atoms with van der Waals surface area (Å²) in [6.45, 7) is 5.22. The molecule has 2 amide bonds. The first-order chi connectivity index (χ1) is 13.1. The van der Waals surface area contributed by atoms with Gasteiger partial charge in [0.05, 0.1) is 12.1 Å². The van der Waals surface area contributed by atoms with Gasteiger partial charge in [0.25, 0.3) is 5.91 Å². The van der Waals surface area contributed by atoms with E-state index in [4.69, 9.17) is 16.3 Å². The summed E-state index contributed by atoms with van der Waals surface area (Å²) < 4.78 is 5.70. The van der Waals surface area contributed by atoms with E-state index < -0.39 is 0 Å². The fourth-order valence-corrected chi connectivity index (χ4v) is 4.02. The Balaban J connectivity index is 1.33. The van der Waals surface area contributed by atoms with Crippen LogP contribution >= 0.6 is 11.6 Å². The molecule has 144 valence electrons. The molecule has 3 aliphatic heterocycles. The normalized spacial score (nSPS) is 20.1. The van der Waals surface area contributed by atoms with Crippen LogP contribution in [0.5, 0.6) is 5.75 Å². The van der Waals surface area contributed by atoms with E-state index in [-0.39, 0.29) is 18.4 Å². The van der Waals surface area contributed by atoms with Crippen molar-refractivity contribution in [3.05, 3.63) is 34.4 Å². The Labute approximate surface area is 164 Å². The monoisotopic (exact) mass is 389 g/mol. The van der Waals surface area contributed by atoms with Gasteiger partial charge in [0.2, 0.25) is 5.91 Å². The molecular formula is C20H24ClN3O3. The highest BCUT2D eigenvalue weighted by molar-refractivity contribution is 6.30. The molecule has 4 rings (SSSR count). The van der Waals surface area contributed by atoms with Crippen molar-refractivity contribution in [3.8, 4) is 5.75 Å². The van der Waals surface area contributed by atoms with E-state index in [1.807, 2.05) is 28.0 Å². The molecule has 0 spiro atoms. The van der Waals surface area contributed by atoms with Gasteiger partial charge in [0.1, 0.15) is 12.4 Å². The third-order valence-corrected chi connectivity index (χ3v) is 5.67. The van der Waals surface area contributed by atoms with Crippen LogP contribution in [0.3, 0.4) is 0 Å². The number of halogens is 1. The molecule has 6 nitrogen and oxygen atoms in total. The molecular weight excluding hydrogens is 366 g/mol. The molecule has 0 aliphatic carbocycles. The quantitative estimate of drug-likeness (QED) is 0.792. The summed E-state index contributed by atoms with van der Waals surface area (Å²) in [4.78, 5) is 31.1. The smallest absolute Gasteiger partial charge is 0.253 e. The molecule has 27 heavy (non-hydrogen) atoms. The van der Waals surface area contributed by atoms with Gasteiger partial charge in [-0.05, 0) is 37.1 Å². The van der Waals surface area contributed by atoms with Crippen molar-refractivity contribution in [2.75, 3.05) is 52.4 Å². The molecule has 1 aromatic carbocycles. The maximum Gasteiger partial charge on any atom is 0.253 e. The van der Waals surface area contributed by atoms with Crippen LogP contribution in [0.2, 0.25) is 5.02 Å². The first-order valence-electron chi connectivity index (χ1n) is 9.52. The van der Waals surface area contributed by atoms with Crippen LogP contribution in [-0.4, -0.2) is 78.9 Å². The highest BCUT2D eigenvalue weighted by Crippen LogP contribution is 2.29. The summed E-state index contributed by atoms with van der Waals surface area (Å²) in [5.41, 5.74) is 1.48. The van der Waals surface area contributed by atoms with Gasteiger partial charge in [-0.2, -0.15) is 0 Å². The Morgan fingerprint density at radius 3 is 2.48 bits per heavy atom. The number of hydrogen-bond donors (Lipinski definition) is 0. The minimum Gasteiger partial charge on any atom is -0.488 e. The summed E-state index contributed by atoms with van der Waals surface area (Å²) >= 11 is 6.04. The second-order valence-corrected chi connectivity index (χ2v) is 7.73. The van der Waals surface area contributed by atoms with E-state index in [0.717, 1.165) is 50.3 Å². The van der Waals surface area contributed by atoms with E-state index in [9.17, 15) is 9.59 Å². The van der Waals surface area contributed by atoms with Crippen LogP contribution in [0.15, 0.2) is 23.8 Å². The van der Waals surface area contributed by atoms with Gasteiger partial charge < -0.3 is 14.5 Å². The Morgan fingerprint density at radius 2 is 1.74 bits per heavy atom. The molecule has 2 fully saturated rings. The van der Waals surface area contributed by atoms with Crippen LogP contribution < -0.4 is 4.74 Å². The van der Waals surface area contributed by atoms with Gasteiger partial charge in [0.15, 0.2) is 0 Å². The Bertz CT molecular complexity index is 766. The number of rotatable bonds is 3. The SMILES string of the molecule is O=C(CN1CCN(C(=O)C2=Cc3cc(Cl)ccc3OC2)CC1)N1CCCC1. The van der Waals surface area contributed by atoms with Crippen LogP contribution in [0.25, 0.3) is 6.08 Å². The second-order valence-electron chi connectivity index (χ2n) is 7.30. The highest BCUT2D eigenvalue weighted by atomic mass is 35.5. The van der Waals surface area contributed by atoms with Gasteiger partial charge in [-0.25, -0.2) is 0 Å². The molecule has 3 heterocycles. The summed E-state index contributed by atoms with van der Waals surface area (Å²) in [5, 5.41) is 0.624. The standard InChI is InChI=1S/C20H24ClN3O3/c21-17-3-4-18-15(12-17)11-16(14-27-18)20(26)24-9-7-22(8-10-24)13-19(25)23-5-1-2-6-23/h3-4,11-12H,1-2,5-10,13-14H2. The number of likely N-dealkylation sites (tertiary alicyclic amines) is 1. The molecule has 0 radical (unpaired) electrons. The van der Waals surface area contributed by atoms with Gasteiger partial charge >= 0.3 is 0 Å². The third-order valence-electron chi connectivity index (χ3n) is 5.44. The molecule has 0 atom stereocenters. The average Bonchev–Trinajstić information content (AvgIpc) is 3.22. The fourth-order valence-electron chi connectivity index (χ4n) is 3.84. The number of carbonyl (C=O) groups is 2. The number of hydrogen-bond acceptors (Lipinski definition) is 4. The summed E-state index contributed by atoms with van der Waals surface area (Å²) in [5.74, 6) is 0.969. The van der Waals surface area contributed by atoms with Crippen molar-refractivity contribution in [1.82, 2.24) is 14.7 Å². The van der Waals surface area contributed by atoms with Crippen molar-refractivity contribution >= 4 is 29.5 Å². The minimum absolute atomic E-state index is 0.00569. The van der Waals surface area contributed by atoms with Crippen molar-refractivity contribution < 1.29 is 14.3 Å². The highest BCUT2D eigenvalue weighted by Gasteiger charge is 2.28. The van der Waals surface area contributed by atoms with Crippen LogP contribution in [0.1, 0.15) is 18.4 Å². The topological polar surface area (TPSA) is 53.1 Å². The lowest BCUT2D eigenvalue weighted by Gasteiger charge is -2.35. The van der Waals surface area contributed by atoms with E-state index in [1.165, 1.54) is 0 Å². The maximum absolute atomic E-state index is 12.8. The lowest BCUT2D eigenvalue weighted by Crippen LogP contribution is -2.52. The zero-order valence-electron chi connectivity index (χ0n) is 15.3. The Hall–Kier alpha value is -2.05. The Morgan fingerprint density at radius 1 is 1.00 bits per heavy atom. The van der Waals surface area contributed by atoms with Crippen LogP contribution in [0, 0.1) is 0 Å². The number of nitrogens with zero attached hydrogens (tertiary/aromatic N) is 3. The van der Waals surface area contributed by atoms with E-state index >= 15 is 0 Å². The summed E-state index contributed by atoms with van der Waals surface area (Å²) in [6.07, 6.45) is 4.09. The molecule has 0 N–H and O–H groups in total. The predicted molar refractivity (Wildman–Crippen MR) is 104 cm³/mol. The number of piperazine rings is 1. The van der Waals surface area contributed by atoms with Gasteiger partial charge in [0, 0.05) is 49.9 Å². The van der Waals surface area contributed by atoms with E-state index in [0.29, 0.717) is 30.2 Å². The lowest BCUT2D eigenvalue weighted by atomic mass is 10.1. The van der Waals surface area contributed by atoms with Gasteiger partial charge in [-0.15, -0.1) is 0 Å². The number of benzene rings is 1. The molecule has 0 aromatic heterocycles. The zero-order valence-corrected chi connectivity index (χ0v) is 16.1. The largest absolute Gasteiger partial charge is 0.488 e. The van der Waals surface area contributed by atoms with Crippen LogP contribution in [-0.2, 0) is 9.59 Å². The van der Waals surface area contributed by atoms with Crippen molar-refractivity contribution in [2.45, 2.75) is 12.8 Å². The average molecular weight is 390 g/mol. The van der Waals surface area contributed by atoms with Gasteiger partial charge in [-0.1, -0.05) is 11.6 Å². The number of ether oxygens (including phenoxy) is 1. The Kier molecular flexibility index (Phi) is 5.36. The molecule has 0 unspecified atom stereocenters. The third kappa shape index (κ3) is 4.12. The molecule has 3 aliphatic rings. The maximum atomic E-state index is 12.8. The number of fused-ring (bicyclic) bond motifs is 1. The zero-order chi connectivity index (χ0) is 18.8. The van der Waals surface area contributed by atoms with Crippen LogP contribution in [0.4, 0.5) is 0 Å². The van der Waals surface area contributed by atoms with Crippen molar-refractivity contribution in [1.29, 1.82) is 0 Å². The number of carbonyl (C=O) groups excluding carboxylic acids is 2. The predicted octanol–water partition coefficient (Wildman–Crippen LogP) is 1.88. The molecule has 0 saturated carbocycles. The number of amides is 2. The first kappa shape index (κ1) is 18.3. The van der Waals surface area contributed by atoms with E-state index in [2.05, 4.69) is 4.90 Å². The molecule has 2 saturated heterocycles. The summed E-state index contributed by atoms with van der Waals surface area (Å²) in [6, 6.07) is 5.42. The minimum atomic E-state index is 0.00569. The molecule has 1 aromatic rings. The van der Waals surface area contributed by atoms with E-state index in [1.54, 1.807) is 6.07 Å². The van der Waals surface area contributed by atoms with Gasteiger partial charge in [-0.3, -0.25) is 14.5 Å². The van der Waals surface area contributed by atoms with Crippen molar-refractivity contribution in [3.63, 3.8) is 0 Å².